The highest BCUT2D eigenvalue weighted by Crippen LogP contribution is 2.47. The minimum atomic E-state index is -5.46. The van der Waals surface area contributed by atoms with Crippen molar-refractivity contribution in [3.63, 3.8) is 0 Å². The van der Waals surface area contributed by atoms with Crippen molar-refractivity contribution in [3.05, 3.63) is 35.4 Å². The first-order chi connectivity index (χ1) is 12.7. The molecule has 1 aromatic carbocycles. The Labute approximate surface area is 155 Å². The molecule has 1 heterocycles. The second-order valence-corrected chi connectivity index (χ2v) is 6.06. The Hall–Kier alpha value is -2.50. The van der Waals surface area contributed by atoms with Crippen LogP contribution in [0.1, 0.15) is 24.1 Å². The van der Waals surface area contributed by atoms with Crippen LogP contribution < -0.4 is 5.32 Å². The summed E-state index contributed by atoms with van der Waals surface area (Å²) in [6, 6.07) is -0.324. The van der Waals surface area contributed by atoms with E-state index in [9.17, 15) is 41.0 Å². The molecule has 2 amide bonds. The van der Waals surface area contributed by atoms with Gasteiger partial charge >= 0.3 is 24.4 Å². The van der Waals surface area contributed by atoms with Crippen LogP contribution in [0.15, 0.2) is 24.3 Å². The van der Waals surface area contributed by atoms with Crippen molar-refractivity contribution in [3.8, 4) is 0 Å². The van der Waals surface area contributed by atoms with Crippen molar-refractivity contribution < 1.29 is 45.8 Å². The number of urea groups is 1. The van der Waals surface area contributed by atoms with E-state index in [1.165, 1.54) is 6.92 Å². The van der Waals surface area contributed by atoms with Crippen molar-refractivity contribution in [2.24, 2.45) is 5.92 Å². The normalized spacial score (nSPS) is 26.0. The SMILES string of the molecule is CCOC(=O)C1C(c2ccc(C(F)(F)F)cc2)NC(=O)N(C)C1(O)C(F)(F)F. The molecule has 0 saturated carbocycles. The second-order valence-electron chi connectivity index (χ2n) is 6.06. The monoisotopic (exact) mass is 414 g/mol. The smallest absolute Gasteiger partial charge is 0.437 e. The minimum absolute atomic E-state index is 0.0881. The van der Waals surface area contributed by atoms with Crippen LogP contribution in [0.4, 0.5) is 31.1 Å². The van der Waals surface area contributed by atoms with Crippen LogP contribution in [0.2, 0.25) is 0 Å². The van der Waals surface area contributed by atoms with Crippen LogP contribution in [0.25, 0.3) is 0 Å². The lowest BCUT2D eigenvalue weighted by atomic mass is 9.81. The molecular formula is C16H16F6N2O4. The van der Waals surface area contributed by atoms with E-state index in [0.29, 0.717) is 19.2 Å². The molecule has 2 N–H and O–H groups in total. The Morgan fingerprint density at radius 2 is 1.75 bits per heavy atom. The maximum atomic E-state index is 13.7. The van der Waals surface area contributed by atoms with Gasteiger partial charge in [0.1, 0.15) is 5.92 Å². The summed E-state index contributed by atoms with van der Waals surface area (Å²) in [7, 11) is 0.637. The highest BCUT2D eigenvalue weighted by Gasteiger charge is 2.69. The Bertz CT molecular complexity index is 749. The first kappa shape index (κ1) is 21.8. The van der Waals surface area contributed by atoms with E-state index in [-0.39, 0.29) is 17.1 Å². The van der Waals surface area contributed by atoms with Crippen molar-refractivity contribution in [2.45, 2.75) is 31.0 Å². The summed E-state index contributed by atoms with van der Waals surface area (Å²) in [5.41, 5.74) is -5.25. The van der Waals surface area contributed by atoms with Gasteiger partial charge in [0.15, 0.2) is 0 Å². The number of carbonyl (C=O) groups excluding carboxylic acids is 2. The number of nitrogens with one attached hydrogen (secondary N) is 1. The number of amides is 2. The summed E-state index contributed by atoms with van der Waals surface area (Å²) in [6.07, 6.45) is -10.1. The molecule has 0 bridgehead atoms. The third kappa shape index (κ3) is 3.60. The Kier molecular flexibility index (Phi) is 5.57. The van der Waals surface area contributed by atoms with Gasteiger partial charge in [-0.2, -0.15) is 26.3 Å². The number of rotatable bonds is 3. The molecule has 12 heteroatoms. The molecule has 0 radical (unpaired) electrons. The number of benzene rings is 1. The molecule has 156 valence electrons. The predicted octanol–water partition coefficient (Wildman–Crippen LogP) is 2.83. The molecule has 1 fully saturated rings. The number of hydrogen-bond donors (Lipinski definition) is 2. The van der Waals surface area contributed by atoms with E-state index in [4.69, 9.17) is 0 Å². The Morgan fingerprint density at radius 3 is 2.18 bits per heavy atom. The molecule has 0 spiro atoms. The standard InChI is InChI=1S/C16H16F6N2O4/c1-3-28-12(25)10-11(8-4-6-9(7-5-8)15(17,18)19)23-13(26)24(2)14(10,27)16(20,21)22/h4-7,10-11,27H,3H2,1-2H3,(H,23,26). The molecule has 28 heavy (non-hydrogen) atoms. The topological polar surface area (TPSA) is 78.9 Å². The minimum Gasteiger partial charge on any atom is -0.466 e. The van der Waals surface area contributed by atoms with Gasteiger partial charge in [0.05, 0.1) is 18.2 Å². The third-order valence-electron chi connectivity index (χ3n) is 4.42. The predicted molar refractivity (Wildman–Crippen MR) is 81.6 cm³/mol. The molecule has 1 saturated heterocycles. The highest BCUT2D eigenvalue weighted by molar-refractivity contribution is 5.83. The summed E-state index contributed by atoms with van der Waals surface area (Å²) in [5, 5.41) is 12.5. The molecular weight excluding hydrogens is 398 g/mol. The van der Waals surface area contributed by atoms with E-state index in [1.807, 2.05) is 0 Å². The molecule has 3 unspecified atom stereocenters. The zero-order valence-electron chi connectivity index (χ0n) is 14.6. The quantitative estimate of drug-likeness (QED) is 0.589. The highest BCUT2D eigenvalue weighted by atomic mass is 19.4. The van der Waals surface area contributed by atoms with Crippen molar-refractivity contribution in [2.75, 3.05) is 13.7 Å². The number of esters is 1. The average molecular weight is 414 g/mol. The molecule has 1 aliphatic heterocycles. The largest absolute Gasteiger partial charge is 0.466 e. The third-order valence-corrected chi connectivity index (χ3v) is 4.42. The van der Waals surface area contributed by atoms with Crippen molar-refractivity contribution >= 4 is 12.0 Å². The number of ether oxygens (including phenoxy) is 1. The van der Waals surface area contributed by atoms with Crippen LogP contribution in [-0.4, -0.2) is 47.6 Å². The number of aliphatic hydroxyl groups is 1. The van der Waals surface area contributed by atoms with Crippen molar-refractivity contribution in [1.29, 1.82) is 0 Å². The fourth-order valence-corrected chi connectivity index (χ4v) is 2.96. The number of hydrogen-bond acceptors (Lipinski definition) is 4. The number of halogens is 6. The molecule has 0 aromatic heterocycles. The summed E-state index contributed by atoms with van der Waals surface area (Å²) >= 11 is 0. The summed E-state index contributed by atoms with van der Waals surface area (Å²) < 4.78 is 83.8. The molecule has 6 nitrogen and oxygen atoms in total. The van der Waals surface area contributed by atoms with Crippen LogP contribution in [-0.2, 0) is 15.7 Å². The van der Waals surface area contributed by atoms with E-state index in [2.05, 4.69) is 10.1 Å². The van der Waals surface area contributed by atoms with Crippen LogP contribution in [0.3, 0.4) is 0 Å². The van der Waals surface area contributed by atoms with Gasteiger partial charge in [0.25, 0.3) is 5.72 Å². The van der Waals surface area contributed by atoms with Gasteiger partial charge in [-0.15, -0.1) is 0 Å². The Balaban J connectivity index is 2.60. The van der Waals surface area contributed by atoms with Crippen LogP contribution in [0, 0.1) is 5.92 Å². The molecule has 3 atom stereocenters. The van der Waals surface area contributed by atoms with Gasteiger partial charge < -0.3 is 15.2 Å². The van der Waals surface area contributed by atoms with Gasteiger partial charge in [0.2, 0.25) is 0 Å². The van der Waals surface area contributed by atoms with Crippen LogP contribution in [0.5, 0.6) is 0 Å². The average Bonchev–Trinajstić information content (AvgIpc) is 2.57. The maximum absolute atomic E-state index is 13.7. The lowest BCUT2D eigenvalue weighted by Gasteiger charge is -2.49. The Morgan fingerprint density at radius 1 is 1.21 bits per heavy atom. The van der Waals surface area contributed by atoms with E-state index >= 15 is 0 Å². The zero-order valence-corrected chi connectivity index (χ0v) is 14.6. The van der Waals surface area contributed by atoms with Gasteiger partial charge in [-0.25, -0.2) is 4.79 Å². The first-order valence-electron chi connectivity index (χ1n) is 7.92. The van der Waals surface area contributed by atoms with Crippen LogP contribution >= 0.6 is 0 Å². The van der Waals surface area contributed by atoms with Crippen molar-refractivity contribution in [1.82, 2.24) is 10.2 Å². The fourth-order valence-electron chi connectivity index (χ4n) is 2.96. The molecule has 1 aliphatic rings. The van der Waals surface area contributed by atoms with Gasteiger partial charge in [-0.1, -0.05) is 12.1 Å². The lowest BCUT2D eigenvalue weighted by molar-refractivity contribution is -0.328. The van der Waals surface area contributed by atoms with Gasteiger partial charge in [-0.05, 0) is 24.6 Å². The maximum Gasteiger partial charge on any atom is 0.437 e. The number of alkyl halides is 6. The summed E-state index contributed by atoms with van der Waals surface area (Å²) in [6.45, 7) is 1.00. The van der Waals surface area contributed by atoms with Gasteiger partial charge in [-0.3, -0.25) is 9.69 Å². The number of nitrogens with zero attached hydrogens (tertiary/aromatic N) is 1. The van der Waals surface area contributed by atoms with E-state index in [1.54, 1.807) is 0 Å². The lowest BCUT2D eigenvalue weighted by Crippen LogP contribution is -2.73. The zero-order chi connectivity index (χ0) is 21.5. The molecule has 2 rings (SSSR count). The first-order valence-corrected chi connectivity index (χ1v) is 7.92. The molecule has 1 aromatic rings. The fraction of sp³-hybridized carbons (Fsp3) is 0.500. The van der Waals surface area contributed by atoms with Gasteiger partial charge in [0, 0.05) is 7.05 Å². The molecule has 0 aliphatic carbocycles. The second kappa shape index (κ2) is 7.15. The van der Waals surface area contributed by atoms with E-state index in [0.717, 1.165) is 12.1 Å². The summed E-state index contributed by atoms with van der Waals surface area (Å²) in [4.78, 5) is 24.2. The summed E-state index contributed by atoms with van der Waals surface area (Å²) in [5.74, 6) is -3.86. The number of carbonyl (C=O) groups is 2. The van der Waals surface area contributed by atoms with E-state index < -0.39 is 47.6 Å².